The molecule has 1 rings (SSSR count). The van der Waals surface area contributed by atoms with Gasteiger partial charge in [-0.2, -0.15) is 0 Å². The van der Waals surface area contributed by atoms with Crippen LogP contribution in [0.25, 0.3) is 0 Å². The Balaban J connectivity index is 2.35. The van der Waals surface area contributed by atoms with E-state index >= 15 is 0 Å². The average Bonchev–Trinajstić information content (AvgIpc) is 2.05. The summed E-state index contributed by atoms with van der Waals surface area (Å²) in [5.74, 6) is 0.546. The smallest absolute Gasteiger partial charge is 0.223 e. The maximum absolute atomic E-state index is 11.3. The van der Waals surface area contributed by atoms with Gasteiger partial charge in [-0.25, -0.2) is 0 Å². The third-order valence-corrected chi connectivity index (χ3v) is 2.31. The van der Waals surface area contributed by atoms with Gasteiger partial charge in [0.15, 0.2) is 0 Å². The van der Waals surface area contributed by atoms with Crippen LogP contribution in [0.5, 0.6) is 0 Å². The van der Waals surface area contributed by atoms with Crippen LogP contribution in [-0.2, 0) is 4.79 Å². The average molecular weight is 191 g/mol. The second-order valence-corrected chi connectivity index (χ2v) is 3.56. The molecule has 0 saturated carbocycles. The summed E-state index contributed by atoms with van der Waals surface area (Å²) in [6.07, 6.45) is 2.49. The lowest BCUT2D eigenvalue weighted by molar-refractivity contribution is -0.131. The summed E-state index contributed by atoms with van der Waals surface area (Å²) in [4.78, 5) is 13.1. The highest BCUT2D eigenvalue weighted by atomic mass is 35.5. The maximum atomic E-state index is 11.3. The minimum absolute atomic E-state index is 0.139. The highest BCUT2D eigenvalue weighted by molar-refractivity contribution is 6.18. The second-order valence-electron chi connectivity index (χ2n) is 3.18. The molecule has 0 spiro atoms. The highest BCUT2D eigenvalue weighted by Gasteiger charge is 2.20. The van der Waals surface area contributed by atoms with Gasteiger partial charge in [-0.3, -0.25) is 4.79 Å². The van der Waals surface area contributed by atoms with Crippen molar-refractivity contribution in [2.24, 2.45) is 5.73 Å². The number of carbonyl (C=O) groups is 1. The molecular formula is C8H15ClN2O. The summed E-state index contributed by atoms with van der Waals surface area (Å²) in [6, 6.07) is 0.165. The zero-order valence-electron chi connectivity index (χ0n) is 7.13. The quantitative estimate of drug-likeness (QED) is 0.647. The number of nitrogens with two attached hydrogens (primary N) is 1. The Morgan fingerprint density at radius 1 is 1.67 bits per heavy atom. The number of rotatable bonds is 2. The number of amides is 1. The number of alkyl halides is 1. The molecule has 1 saturated heterocycles. The Labute approximate surface area is 77.9 Å². The van der Waals surface area contributed by atoms with Gasteiger partial charge in [-0.05, 0) is 12.8 Å². The van der Waals surface area contributed by atoms with Crippen LogP contribution < -0.4 is 5.73 Å². The summed E-state index contributed by atoms with van der Waals surface area (Å²) in [7, 11) is 0. The fourth-order valence-electron chi connectivity index (χ4n) is 1.48. The minimum atomic E-state index is 0.139. The van der Waals surface area contributed by atoms with Gasteiger partial charge < -0.3 is 10.6 Å². The highest BCUT2D eigenvalue weighted by Crippen LogP contribution is 2.09. The van der Waals surface area contributed by atoms with E-state index in [-0.39, 0.29) is 11.9 Å². The van der Waals surface area contributed by atoms with E-state index in [0.717, 1.165) is 19.4 Å². The maximum Gasteiger partial charge on any atom is 0.223 e. The normalized spacial score (nSPS) is 24.2. The van der Waals surface area contributed by atoms with Crippen LogP contribution in [0.3, 0.4) is 0 Å². The lowest BCUT2D eigenvalue weighted by Gasteiger charge is -2.30. The summed E-state index contributed by atoms with van der Waals surface area (Å²) >= 11 is 5.47. The first-order chi connectivity index (χ1) is 5.74. The van der Waals surface area contributed by atoms with Crippen molar-refractivity contribution in [1.82, 2.24) is 4.90 Å². The number of hydrogen-bond donors (Lipinski definition) is 1. The third-order valence-electron chi connectivity index (χ3n) is 2.12. The fraction of sp³-hybridized carbons (Fsp3) is 0.875. The molecular weight excluding hydrogens is 176 g/mol. The van der Waals surface area contributed by atoms with E-state index in [2.05, 4.69) is 0 Å². The zero-order valence-corrected chi connectivity index (χ0v) is 7.89. The molecule has 0 aromatic rings. The van der Waals surface area contributed by atoms with Crippen LogP contribution in [0.15, 0.2) is 0 Å². The van der Waals surface area contributed by atoms with Gasteiger partial charge in [0, 0.05) is 31.4 Å². The first kappa shape index (κ1) is 9.81. The van der Waals surface area contributed by atoms with Crippen molar-refractivity contribution in [3.63, 3.8) is 0 Å². The Kier molecular flexibility index (Phi) is 3.82. The van der Waals surface area contributed by atoms with Crippen molar-refractivity contribution in [2.45, 2.75) is 25.3 Å². The molecule has 1 amide bonds. The van der Waals surface area contributed by atoms with Crippen molar-refractivity contribution < 1.29 is 4.79 Å². The number of likely N-dealkylation sites (tertiary alicyclic amines) is 1. The van der Waals surface area contributed by atoms with Crippen LogP contribution in [0.1, 0.15) is 19.3 Å². The third kappa shape index (κ3) is 2.64. The predicted molar refractivity (Wildman–Crippen MR) is 49.1 cm³/mol. The van der Waals surface area contributed by atoms with E-state index in [0.29, 0.717) is 18.8 Å². The van der Waals surface area contributed by atoms with Crippen molar-refractivity contribution in [3.8, 4) is 0 Å². The lowest BCUT2D eigenvalue weighted by Crippen LogP contribution is -2.45. The first-order valence-corrected chi connectivity index (χ1v) is 4.87. The Bertz CT molecular complexity index is 163. The lowest BCUT2D eigenvalue weighted by atomic mass is 10.1. The largest absolute Gasteiger partial charge is 0.341 e. The molecule has 0 aliphatic carbocycles. The molecule has 0 aromatic heterocycles. The molecule has 0 aromatic carbocycles. The molecule has 12 heavy (non-hydrogen) atoms. The van der Waals surface area contributed by atoms with E-state index in [1.54, 1.807) is 0 Å². The van der Waals surface area contributed by atoms with Gasteiger partial charge in [0.25, 0.3) is 0 Å². The van der Waals surface area contributed by atoms with E-state index in [4.69, 9.17) is 17.3 Å². The molecule has 1 aliphatic rings. The van der Waals surface area contributed by atoms with E-state index < -0.39 is 0 Å². The molecule has 1 heterocycles. The minimum Gasteiger partial charge on any atom is -0.341 e. The van der Waals surface area contributed by atoms with Gasteiger partial charge in [0.05, 0.1) is 0 Å². The Morgan fingerprint density at radius 3 is 3.00 bits per heavy atom. The molecule has 1 fully saturated rings. The zero-order chi connectivity index (χ0) is 8.97. The Morgan fingerprint density at radius 2 is 2.42 bits per heavy atom. The number of halogens is 1. The summed E-state index contributed by atoms with van der Waals surface area (Å²) in [5.41, 5.74) is 5.73. The number of piperidine rings is 1. The van der Waals surface area contributed by atoms with Crippen LogP contribution >= 0.6 is 11.6 Å². The number of hydrogen-bond acceptors (Lipinski definition) is 2. The summed E-state index contributed by atoms with van der Waals surface area (Å²) in [5, 5.41) is 0. The summed E-state index contributed by atoms with van der Waals surface area (Å²) in [6.45, 7) is 1.55. The monoisotopic (exact) mass is 190 g/mol. The SMILES string of the molecule is N[C@H]1CCCN(C(=O)CCCl)C1. The van der Waals surface area contributed by atoms with E-state index in [9.17, 15) is 4.79 Å². The fourth-order valence-corrected chi connectivity index (χ4v) is 1.64. The van der Waals surface area contributed by atoms with Crippen LogP contribution in [0.2, 0.25) is 0 Å². The number of carbonyl (C=O) groups excluding carboxylic acids is 1. The van der Waals surface area contributed by atoms with Crippen molar-refractivity contribution >= 4 is 17.5 Å². The van der Waals surface area contributed by atoms with Crippen LogP contribution in [-0.4, -0.2) is 35.8 Å². The number of nitrogens with zero attached hydrogens (tertiary/aromatic N) is 1. The predicted octanol–water partition coefficient (Wildman–Crippen LogP) is 0.565. The molecule has 4 heteroatoms. The first-order valence-electron chi connectivity index (χ1n) is 4.33. The van der Waals surface area contributed by atoms with Crippen LogP contribution in [0.4, 0.5) is 0 Å². The van der Waals surface area contributed by atoms with Gasteiger partial charge in [-0.15, -0.1) is 11.6 Å². The molecule has 1 atom stereocenters. The topological polar surface area (TPSA) is 46.3 Å². The van der Waals surface area contributed by atoms with Crippen molar-refractivity contribution in [2.75, 3.05) is 19.0 Å². The van der Waals surface area contributed by atoms with Crippen molar-refractivity contribution in [3.05, 3.63) is 0 Å². The molecule has 70 valence electrons. The Hall–Kier alpha value is -0.280. The molecule has 0 unspecified atom stereocenters. The van der Waals surface area contributed by atoms with E-state index in [1.807, 2.05) is 4.90 Å². The van der Waals surface area contributed by atoms with Crippen molar-refractivity contribution in [1.29, 1.82) is 0 Å². The molecule has 1 aliphatic heterocycles. The van der Waals surface area contributed by atoms with Gasteiger partial charge in [0.1, 0.15) is 0 Å². The summed E-state index contributed by atoms with van der Waals surface area (Å²) < 4.78 is 0. The second kappa shape index (κ2) is 4.67. The molecule has 2 N–H and O–H groups in total. The van der Waals surface area contributed by atoms with Crippen LogP contribution in [0, 0.1) is 0 Å². The standard InChI is InChI=1S/C8H15ClN2O/c9-4-3-8(12)11-5-1-2-7(10)6-11/h7H,1-6,10H2/t7-/m0/s1. The van der Waals surface area contributed by atoms with E-state index in [1.165, 1.54) is 0 Å². The van der Waals surface area contributed by atoms with Gasteiger partial charge in [0.2, 0.25) is 5.91 Å². The molecule has 0 radical (unpaired) electrons. The molecule has 0 bridgehead atoms. The van der Waals surface area contributed by atoms with Gasteiger partial charge in [-0.1, -0.05) is 0 Å². The van der Waals surface area contributed by atoms with Gasteiger partial charge >= 0.3 is 0 Å². The molecule has 3 nitrogen and oxygen atoms in total.